The molecule has 0 fully saturated rings. The summed E-state index contributed by atoms with van der Waals surface area (Å²) in [4.78, 5) is 16.2. The molecular weight excluding hydrogens is 362 g/mol. The number of rotatable bonds is 4. The Morgan fingerprint density at radius 2 is 2.20 bits per heavy atom. The molecule has 1 atom stereocenters. The van der Waals surface area contributed by atoms with Crippen LogP contribution in [0.25, 0.3) is 21.7 Å². The highest BCUT2D eigenvalue weighted by Crippen LogP contribution is 2.27. The Morgan fingerprint density at radius 1 is 1.32 bits per heavy atom. The number of esters is 1. The Morgan fingerprint density at radius 3 is 3.00 bits per heavy atom. The third kappa shape index (κ3) is 3.16. The van der Waals surface area contributed by atoms with Crippen LogP contribution in [-0.2, 0) is 4.74 Å². The van der Waals surface area contributed by atoms with E-state index in [0.717, 1.165) is 15.8 Å². The molecule has 0 aliphatic carbocycles. The van der Waals surface area contributed by atoms with Gasteiger partial charge in [0.05, 0.1) is 4.88 Å². The van der Waals surface area contributed by atoms with E-state index in [2.05, 4.69) is 15.2 Å². The summed E-state index contributed by atoms with van der Waals surface area (Å²) in [5, 5.41) is 11.3. The number of fused-ring (bicyclic) bond motifs is 1. The summed E-state index contributed by atoms with van der Waals surface area (Å²) in [5.41, 5.74) is 1.14. The average Bonchev–Trinajstić information content (AvgIpc) is 3.33. The molecule has 126 valence electrons. The number of aromatic nitrogens is 3. The Kier molecular flexibility index (Phi) is 4.03. The van der Waals surface area contributed by atoms with Gasteiger partial charge in [-0.1, -0.05) is 17.7 Å². The van der Waals surface area contributed by atoms with Crippen LogP contribution in [0.3, 0.4) is 0 Å². The highest BCUT2D eigenvalue weighted by Gasteiger charge is 2.21. The van der Waals surface area contributed by atoms with Gasteiger partial charge in [-0.25, -0.2) is 4.79 Å². The molecule has 0 saturated heterocycles. The van der Waals surface area contributed by atoms with Crippen molar-refractivity contribution in [3.63, 3.8) is 0 Å². The number of nitrogens with zero attached hydrogens (tertiary/aromatic N) is 2. The second-order valence-electron chi connectivity index (χ2n) is 5.38. The van der Waals surface area contributed by atoms with Gasteiger partial charge in [-0.15, -0.1) is 21.5 Å². The van der Waals surface area contributed by atoms with Crippen LogP contribution in [0.4, 0.5) is 0 Å². The second-order valence-corrected chi connectivity index (χ2v) is 6.77. The van der Waals surface area contributed by atoms with Crippen LogP contribution in [0.2, 0.25) is 5.02 Å². The molecule has 4 rings (SSSR count). The zero-order valence-corrected chi connectivity index (χ0v) is 14.6. The minimum atomic E-state index is -0.663. The van der Waals surface area contributed by atoms with Crippen LogP contribution in [0, 0.1) is 0 Å². The topological polar surface area (TPSA) is 81.0 Å². The van der Waals surface area contributed by atoms with Gasteiger partial charge < -0.3 is 14.1 Å². The number of aromatic amines is 1. The van der Waals surface area contributed by atoms with Crippen molar-refractivity contribution in [2.24, 2.45) is 0 Å². The van der Waals surface area contributed by atoms with Crippen molar-refractivity contribution in [3.8, 4) is 10.8 Å². The van der Waals surface area contributed by atoms with Crippen LogP contribution < -0.4 is 0 Å². The molecule has 1 N–H and O–H groups in total. The lowest BCUT2D eigenvalue weighted by molar-refractivity contribution is 0.0274. The molecule has 1 aromatic carbocycles. The highest BCUT2D eigenvalue weighted by molar-refractivity contribution is 7.13. The molecule has 0 radical (unpaired) electrons. The van der Waals surface area contributed by atoms with Crippen molar-refractivity contribution >= 4 is 39.8 Å². The van der Waals surface area contributed by atoms with E-state index in [1.54, 1.807) is 25.1 Å². The lowest BCUT2D eigenvalue weighted by Gasteiger charge is -2.07. The maximum atomic E-state index is 12.3. The predicted octanol–water partition coefficient (Wildman–Crippen LogP) is 4.85. The van der Waals surface area contributed by atoms with Crippen molar-refractivity contribution < 1.29 is 13.9 Å². The van der Waals surface area contributed by atoms with Gasteiger partial charge in [-0.05, 0) is 42.6 Å². The van der Waals surface area contributed by atoms with Crippen molar-refractivity contribution in [1.29, 1.82) is 0 Å². The van der Waals surface area contributed by atoms with Crippen molar-refractivity contribution in [2.75, 3.05) is 0 Å². The maximum Gasteiger partial charge on any atom is 0.355 e. The van der Waals surface area contributed by atoms with Crippen LogP contribution in [-0.4, -0.2) is 21.2 Å². The Labute approximate surface area is 151 Å². The number of H-pyrrole nitrogens is 1. The first-order valence-electron chi connectivity index (χ1n) is 7.46. The standard InChI is InChI=1S/C17H12ClN3O3S/c1-9(15-20-21-16(24-15)14-3-2-6-25-14)23-17(22)13-8-10-7-11(18)4-5-12(10)19-13/h2-9,19H,1H3. The number of benzene rings is 1. The monoisotopic (exact) mass is 373 g/mol. The fourth-order valence-corrected chi connectivity index (χ4v) is 3.21. The Hall–Kier alpha value is -2.64. The number of nitrogens with one attached hydrogen (secondary N) is 1. The molecule has 25 heavy (non-hydrogen) atoms. The third-order valence-corrected chi connectivity index (χ3v) is 4.70. The lowest BCUT2D eigenvalue weighted by atomic mass is 10.2. The van der Waals surface area contributed by atoms with Gasteiger partial charge in [0, 0.05) is 15.9 Å². The largest absolute Gasteiger partial charge is 0.448 e. The van der Waals surface area contributed by atoms with Gasteiger partial charge in [0.1, 0.15) is 5.69 Å². The Bertz CT molecular complexity index is 1040. The quantitative estimate of drug-likeness (QED) is 0.517. The number of carbonyl (C=O) groups excluding carboxylic acids is 1. The molecule has 0 bridgehead atoms. The predicted molar refractivity (Wildman–Crippen MR) is 94.8 cm³/mol. The first-order chi connectivity index (χ1) is 12.1. The molecule has 6 nitrogen and oxygen atoms in total. The lowest BCUT2D eigenvalue weighted by Crippen LogP contribution is -2.09. The van der Waals surface area contributed by atoms with Crippen molar-refractivity contribution in [3.05, 3.63) is 58.4 Å². The third-order valence-electron chi connectivity index (χ3n) is 3.61. The molecule has 0 saturated carbocycles. The zero-order valence-electron chi connectivity index (χ0n) is 13.0. The molecule has 0 amide bonds. The first-order valence-corrected chi connectivity index (χ1v) is 8.72. The van der Waals surface area contributed by atoms with Gasteiger partial charge in [0.15, 0.2) is 6.10 Å². The molecular formula is C17H12ClN3O3S. The van der Waals surface area contributed by atoms with Crippen LogP contribution in [0.5, 0.6) is 0 Å². The normalized spacial score (nSPS) is 12.4. The van der Waals surface area contributed by atoms with Gasteiger partial charge in [0.25, 0.3) is 11.8 Å². The number of halogens is 1. The summed E-state index contributed by atoms with van der Waals surface area (Å²) in [5.74, 6) is 0.153. The van der Waals surface area contributed by atoms with Crippen molar-refractivity contribution in [1.82, 2.24) is 15.2 Å². The van der Waals surface area contributed by atoms with Gasteiger partial charge in [0.2, 0.25) is 0 Å². The number of thiophene rings is 1. The summed E-state index contributed by atoms with van der Waals surface area (Å²) >= 11 is 7.46. The fraction of sp³-hybridized carbons (Fsp3) is 0.118. The number of hydrogen-bond acceptors (Lipinski definition) is 6. The SMILES string of the molecule is CC(OC(=O)c1cc2cc(Cl)ccc2[nH]1)c1nnc(-c2cccs2)o1. The van der Waals surface area contributed by atoms with Gasteiger partial charge >= 0.3 is 5.97 Å². The second kappa shape index (κ2) is 6.34. The highest BCUT2D eigenvalue weighted by atomic mass is 35.5. The molecule has 3 aromatic heterocycles. The number of hydrogen-bond donors (Lipinski definition) is 1. The minimum Gasteiger partial charge on any atom is -0.448 e. The summed E-state index contributed by atoms with van der Waals surface area (Å²) in [7, 11) is 0. The molecule has 0 spiro atoms. The average molecular weight is 374 g/mol. The van der Waals surface area contributed by atoms with E-state index in [9.17, 15) is 4.79 Å². The van der Waals surface area contributed by atoms with E-state index in [-0.39, 0.29) is 5.89 Å². The van der Waals surface area contributed by atoms with E-state index in [0.29, 0.717) is 16.6 Å². The summed E-state index contributed by atoms with van der Waals surface area (Å²) < 4.78 is 11.0. The van der Waals surface area contributed by atoms with E-state index in [4.69, 9.17) is 20.8 Å². The zero-order chi connectivity index (χ0) is 17.4. The molecule has 0 aliphatic heterocycles. The smallest absolute Gasteiger partial charge is 0.355 e. The Balaban J connectivity index is 1.51. The number of ether oxygens (including phenoxy) is 1. The molecule has 1 unspecified atom stereocenters. The van der Waals surface area contributed by atoms with Crippen LogP contribution in [0.1, 0.15) is 29.4 Å². The first kappa shape index (κ1) is 15.9. The molecule has 3 heterocycles. The minimum absolute atomic E-state index is 0.246. The van der Waals surface area contributed by atoms with Gasteiger partial charge in [-0.2, -0.15) is 0 Å². The van der Waals surface area contributed by atoms with E-state index < -0.39 is 12.1 Å². The van der Waals surface area contributed by atoms with E-state index in [1.165, 1.54) is 11.3 Å². The number of carbonyl (C=O) groups is 1. The van der Waals surface area contributed by atoms with Crippen LogP contribution in [0.15, 0.2) is 46.2 Å². The maximum absolute atomic E-state index is 12.3. The fourth-order valence-electron chi connectivity index (χ4n) is 2.39. The molecule has 8 heteroatoms. The summed E-state index contributed by atoms with van der Waals surface area (Å²) in [6.07, 6.45) is -0.663. The van der Waals surface area contributed by atoms with E-state index in [1.807, 2.05) is 23.6 Å². The summed E-state index contributed by atoms with van der Waals surface area (Å²) in [6, 6.07) is 10.8. The van der Waals surface area contributed by atoms with Crippen LogP contribution >= 0.6 is 22.9 Å². The van der Waals surface area contributed by atoms with E-state index >= 15 is 0 Å². The van der Waals surface area contributed by atoms with Gasteiger partial charge in [-0.3, -0.25) is 0 Å². The molecule has 0 aliphatic rings. The summed E-state index contributed by atoms with van der Waals surface area (Å²) in [6.45, 7) is 1.68. The molecule has 4 aromatic rings. The van der Waals surface area contributed by atoms with Crippen molar-refractivity contribution in [2.45, 2.75) is 13.0 Å².